The third kappa shape index (κ3) is 3.51. The maximum absolute atomic E-state index is 11.5. The van der Waals surface area contributed by atoms with E-state index < -0.39 is 0 Å². The molecule has 0 saturated carbocycles. The maximum Gasteiger partial charge on any atom is 0.172 e. The van der Waals surface area contributed by atoms with Crippen molar-refractivity contribution in [2.75, 3.05) is 51.3 Å². The number of Topliss-reactive ketones (excluding diaryl/α,β-unsaturated/α-hetero) is 1. The minimum Gasteiger partial charge on any atom is -0.377 e. The molecule has 1 fully saturated rings. The lowest BCUT2D eigenvalue weighted by molar-refractivity contribution is -0.123. The van der Waals surface area contributed by atoms with Crippen LogP contribution in [0.5, 0.6) is 0 Å². The average Bonchev–Trinajstić information content (AvgIpc) is 2.41. The summed E-state index contributed by atoms with van der Waals surface area (Å²) < 4.78 is 4.84. The van der Waals surface area contributed by atoms with Crippen molar-refractivity contribution in [3.63, 3.8) is 0 Å². The van der Waals surface area contributed by atoms with Crippen LogP contribution in [0, 0.1) is 0 Å². The lowest BCUT2D eigenvalue weighted by Gasteiger charge is -2.34. The van der Waals surface area contributed by atoms with Crippen LogP contribution in [0.2, 0.25) is 0 Å². The van der Waals surface area contributed by atoms with E-state index in [4.69, 9.17) is 4.74 Å². The van der Waals surface area contributed by atoms with Crippen molar-refractivity contribution in [1.82, 2.24) is 9.88 Å². The second kappa shape index (κ2) is 6.47. The number of rotatable bonds is 5. The van der Waals surface area contributed by atoms with Gasteiger partial charge in [0.05, 0.1) is 6.54 Å². The highest BCUT2D eigenvalue weighted by atomic mass is 16.5. The number of methoxy groups -OCH3 is 1. The van der Waals surface area contributed by atoms with Gasteiger partial charge in [0.15, 0.2) is 5.78 Å². The lowest BCUT2D eigenvalue weighted by atomic mass is 10.2. The van der Waals surface area contributed by atoms with Crippen molar-refractivity contribution in [3.8, 4) is 0 Å². The van der Waals surface area contributed by atoms with Crippen molar-refractivity contribution < 1.29 is 9.53 Å². The smallest absolute Gasteiger partial charge is 0.172 e. The number of ketones is 1. The van der Waals surface area contributed by atoms with Gasteiger partial charge in [0, 0.05) is 39.5 Å². The topological polar surface area (TPSA) is 45.7 Å². The SMILES string of the molecule is COCC(=O)CN1CCN(c2ccccn2)CC1. The van der Waals surface area contributed by atoms with Crippen LogP contribution in [0.4, 0.5) is 5.82 Å². The molecular formula is C13H19N3O2. The Morgan fingerprint density at radius 3 is 2.72 bits per heavy atom. The van der Waals surface area contributed by atoms with Crippen LogP contribution in [0.25, 0.3) is 0 Å². The zero-order valence-electron chi connectivity index (χ0n) is 10.7. The number of aromatic nitrogens is 1. The van der Waals surface area contributed by atoms with E-state index in [9.17, 15) is 4.79 Å². The van der Waals surface area contributed by atoms with Gasteiger partial charge in [0.2, 0.25) is 0 Å². The van der Waals surface area contributed by atoms with E-state index in [1.54, 1.807) is 7.11 Å². The van der Waals surface area contributed by atoms with E-state index in [2.05, 4.69) is 14.8 Å². The van der Waals surface area contributed by atoms with Gasteiger partial charge < -0.3 is 9.64 Å². The second-order valence-electron chi connectivity index (χ2n) is 4.42. The largest absolute Gasteiger partial charge is 0.377 e. The van der Waals surface area contributed by atoms with Crippen molar-refractivity contribution in [2.45, 2.75) is 0 Å². The highest BCUT2D eigenvalue weighted by Gasteiger charge is 2.19. The summed E-state index contributed by atoms with van der Waals surface area (Å²) in [5, 5.41) is 0. The van der Waals surface area contributed by atoms with Gasteiger partial charge in [-0.05, 0) is 12.1 Å². The number of anilines is 1. The maximum atomic E-state index is 11.5. The second-order valence-corrected chi connectivity index (χ2v) is 4.42. The predicted octanol–water partition coefficient (Wildman–Crippen LogP) is 0.419. The minimum atomic E-state index is 0.142. The lowest BCUT2D eigenvalue weighted by Crippen LogP contribution is -2.48. The molecule has 0 aromatic carbocycles. The zero-order chi connectivity index (χ0) is 12.8. The molecule has 98 valence electrons. The number of carbonyl (C=O) groups is 1. The molecule has 18 heavy (non-hydrogen) atoms. The van der Waals surface area contributed by atoms with Crippen molar-refractivity contribution in [2.24, 2.45) is 0 Å². The Balaban J connectivity index is 1.80. The highest BCUT2D eigenvalue weighted by Crippen LogP contribution is 2.12. The van der Waals surface area contributed by atoms with Crippen LogP contribution in [-0.4, -0.2) is 62.1 Å². The van der Waals surface area contributed by atoms with Gasteiger partial charge in [-0.2, -0.15) is 0 Å². The fraction of sp³-hybridized carbons (Fsp3) is 0.538. The number of nitrogens with zero attached hydrogens (tertiary/aromatic N) is 3. The van der Waals surface area contributed by atoms with Gasteiger partial charge >= 0.3 is 0 Å². The van der Waals surface area contributed by atoms with Gasteiger partial charge in [0.1, 0.15) is 12.4 Å². The van der Waals surface area contributed by atoms with Gasteiger partial charge in [-0.3, -0.25) is 9.69 Å². The average molecular weight is 249 g/mol. The molecule has 0 amide bonds. The van der Waals surface area contributed by atoms with Crippen LogP contribution in [0.1, 0.15) is 0 Å². The summed E-state index contributed by atoms with van der Waals surface area (Å²) >= 11 is 0. The molecule has 5 nitrogen and oxygen atoms in total. The summed E-state index contributed by atoms with van der Waals surface area (Å²) in [7, 11) is 1.55. The number of pyridine rings is 1. The number of ether oxygens (including phenoxy) is 1. The zero-order valence-corrected chi connectivity index (χ0v) is 10.7. The molecular weight excluding hydrogens is 230 g/mol. The summed E-state index contributed by atoms with van der Waals surface area (Å²) in [6.07, 6.45) is 1.81. The number of piperazine rings is 1. The number of hydrogen-bond donors (Lipinski definition) is 0. The molecule has 1 aromatic rings. The van der Waals surface area contributed by atoms with Crippen molar-refractivity contribution in [3.05, 3.63) is 24.4 Å². The summed E-state index contributed by atoms with van der Waals surface area (Å²) in [6, 6.07) is 5.94. The van der Waals surface area contributed by atoms with E-state index in [1.165, 1.54) is 0 Å². The van der Waals surface area contributed by atoms with E-state index in [1.807, 2.05) is 24.4 Å². The van der Waals surface area contributed by atoms with Crippen LogP contribution >= 0.6 is 0 Å². The fourth-order valence-electron chi connectivity index (χ4n) is 2.13. The first-order valence-corrected chi connectivity index (χ1v) is 6.18. The van der Waals surface area contributed by atoms with E-state index in [0.717, 1.165) is 32.0 Å². The molecule has 0 spiro atoms. The quantitative estimate of drug-likeness (QED) is 0.757. The van der Waals surface area contributed by atoms with Gasteiger partial charge in [-0.25, -0.2) is 4.98 Å². The monoisotopic (exact) mass is 249 g/mol. The normalized spacial score (nSPS) is 16.8. The first-order chi connectivity index (χ1) is 8.79. The Labute approximate surface area is 107 Å². The van der Waals surface area contributed by atoms with E-state index in [0.29, 0.717) is 6.54 Å². The van der Waals surface area contributed by atoms with E-state index in [-0.39, 0.29) is 12.4 Å². The van der Waals surface area contributed by atoms with Crippen molar-refractivity contribution in [1.29, 1.82) is 0 Å². The van der Waals surface area contributed by atoms with Crippen LogP contribution in [0.15, 0.2) is 24.4 Å². The third-order valence-electron chi connectivity index (χ3n) is 3.05. The predicted molar refractivity (Wildman–Crippen MR) is 69.8 cm³/mol. The van der Waals surface area contributed by atoms with Crippen LogP contribution < -0.4 is 4.90 Å². The Morgan fingerprint density at radius 1 is 1.33 bits per heavy atom. The summed E-state index contributed by atoms with van der Waals surface area (Å²) in [6.45, 7) is 4.32. The Hall–Kier alpha value is -1.46. The minimum absolute atomic E-state index is 0.142. The molecule has 1 saturated heterocycles. The molecule has 0 unspecified atom stereocenters. The molecule has 0 bridgehead atoms. The highest BCUT2D eigenvalue weighted by molar-refractivity contribution is 5.81. The molecule has 5 heteroatoms. The first-order valence-electron chi connectivity index (χ1n) is 6.18. The molecule has 0 aliphatic carbocycles. The van der Waals surface area contributed by atoms with Gasteiger partial charge in [-0.15, -0.1) is 0 Å². The Bertz CT molecular complexity index is 375. The van der Waals surface area contributed by atoms with E-state index >= 15 is 0 Å². The van der Waals surface area contributed by atoms with Crippen LogP contribution in [0.3, 0.4) is 0 Å². The molecule has 0 N–H and O–H groups in total. The summed E-state index contributed by atoms with van der Waals surface area (Å²) in [4.78, 5) is 20.2. The van der Waals surface area contributed by atoms with Gasteiger partial charge in [-0.1, -0.05) is 6.07 Å². The van der Waals surface area contributed by atoms with Gasteiger partial charge in [0.25, 0.3) is 0 Å². The Morgan fingerprint density at radius 2 is 2.11 bits per heavy atom. The summed E-state index contributed by atoms with van der Waals surface area (Å²) in [5.41, 5.74) is 0. The van der Waals surface area contributed by atoms with Crippen molar-refractivity contribution >= 4 is 11.6 Å². The molecule has 0 radical (unpaired) electrons. The molecule has 1 aliphatic rings. The molecule has 2 heterocycles. The molecule has 1 aliphatic heterocycles. The molecule has 1 aromatic heterocycles. The third-order valence-corrected chi connectivity index (χ3v) is 3.05. The number of carbonyl (C=O) groups excluding carboxylic acids is 1. The first kappa shape index (κ1) is 13.0. The Kier molecular flexibility index (Phi) is 4.66. The fourth-order valence-corrected chi connectivity index (χ4v) is 2.13. The molecule has 2 rings (SSSR count). The summed E-state index contributed by atoms with van der Waals surface area (Å²) in [5.74, 6) is 1.16. The van der Waals surface area contributed by atoms with Crippen LogP contribution in [-0.2, 0) is 9.53 Å². The molecule has 0 atom stereocenters. The number of hydrogen-bond acceptors (Lipinski definition) is 5. The standard InChI is InChI=1S/C13H19N3O2/c1-18-11-12(17)10-15-6-8-16(9-7-15)13-4-2-3-5-14-13/h2-5H,6-11H2,1H3.